The first-order chi connectivity index (χ1) is 8.29. The Bertz CT molecular complexity index is 499. The molecule has 0 bridgehead atoms. The molecule has 0 aliphatic carbocycles. The monoisotopic (exact) mass is 291 g/mol. The summed E-state index contributed by atoms with van der Waals surface area (Å²) in [4.78, 5) is 19.7. The van der Waals surface area contributed by atoms with E-state index < -0.39 is 0 Å². The molecule has 2 aromatic rings. The number of amides is 1. The van der Waals surface area contributed by atoms with E-state index in [2.05, 4.69) is 31.2 Å². The average molecular weight is 292 g/mol. The second-order valence-corrected chi connectivity index (χ2v) is 3.92. The Morgan fingerprint density at radius 3 is 2.41 bits per heavy atom. The van der Waals surface area contributed by atoms with Crippen LogP contribution in [0.4, 0.5) is 5.95 Å². The third-order valence-corrected chi connectivity index (χ3v) is 2.81. The van der Waals surface area contributed by atoms with Gasteiger partial charge in [-0.2, -0.15) is 0 Å². The molecule has 1 amide bonds. The number of hydrogen-bond acceptors (Lipinski definition) is 3. The van der Waals surface area contributed by atoms with E-state index in [1.807, 2.05) is 12.1 Å². The quantitative estimate of drug-likeness (QED) is 0.885. The molecule has 0 atom stereocenters. The Morgan fingerprint density at radius 1 is 1.18 bits per heavy atom. The van der Waals surface area contributed by atoms with Gasteiger partial charge in [-0.05, 0) is 23.8 Å². The predicted molar refractivity (Wildman–Crippen MR) is 69.1 cm³/mol. The molecule has 86 valence electrons. The number of carbonyl (C=O) groups excluding carboxylic acids is 1. The summed E-state index contributed by atoms with van der Waals surface area (Å²) >= 11 is 3.35. The minimum absolute atomic E-state index is 0.211. The number of anilines is 1. The van der Waals surface area contributed by atoms with E-state index in [4.69, 9.17) is 0 Å². The zero-order valence-corrected chi connectivity index (χ0v) is 10.5. The summed E-state index contributed by atoms with van der Waals surface area (Å²) in [5.41, 5.74) is 1.71. The highest BCUT2D eigenvalue weighted by molar-refractivity contribution is 9.08. The molecule has 2 rings (SSSR count). The second-order valence-electron chi connectivity index (χ2n) is 3.36. The van der Waals surface area contributed by atoms with Crippen molar-refractivity contribution in [2.45, 2.75) is 5.33 Å². The summed E-state index contributed by atoms with van der Waals surface area (Å²) in [7, 11) is 0. The number of benzene rings is 1. The number of alkyl halides is 1. The van der Waals surface area contributed by atoms with Gasteiger partial charge in [0, 0.05) is 23.3 Å². The maximum atomic E-state index is 11.8. The Labute approximate surface area is 107 Å². The van der Waals surface area contributed by atoms with E-state index in [0.29, 0.717) is 11.5 Å². The fourth-order valence-corrected chi connectivity index (χ4v) is 1.66. The second kappa shape index (κ2) is 5.54. The molecule has 17 heavy (non-hydrogen) atoms. The lowest BCUT2D eigenvalue weighted by molar-refractivity contribution is 0.102. The van der Waals surface area contributed by atoms with Crippen LogP contribution in [0.1, 0.15) is 15.9 Å². The lowest BCUT2D eigenvalue weighted by Gasteiger charge is -2.03. The number of rotatable bonds is 3. The van der Waals surface area contributed by atoms with Crippen LogP contribution < -0.4 is 5.32 Å². The van der Waals surface area contributed by atoms with Crippen molar-refractivity contribution in [2.24, 2.45) is 0 Å². The Hall–Kier alpha value is -1.75. The van der Waals surface area contributed by atoms with Gasteiger partial charge in [0.2, 0.25) is 5.95 Å². The SMILES string of the molecule is O=C(Nc1ncccn1)c1ccc(CBr)cc1. The van der Waals surface area contributed by atoms with E-state index in [0.717, 1.165) is 10.9 Å². The van der Waals surface area contributed by atoms with Crippen LogP contribution in [-0.4, -0.2) is 15.9 Å². The van der Waals surface area contributed by atoms with Gasteiger partial charge in [0.1, 0.15) is 0 Å². The smallest absolute Gasteiger partial charge is 0.258 e. The molecule has 1 aromatic carbocycles. The van der Waals surface area contributed by atoms with E-state index >= 15 is 0 Å². The standard InChI is InChI=1S/C12H10BrN3O/c13-8-9-2-4-10(5-3-9)11(17)16-12-14-6-1-7-15-12/h1-7H,8H2,(H,14,15,16,17). The highest BCUT2D eigenvalue weighted by Crippen LogP contribution is 2.09. The number of hydrogen-bond donors (Lipinski definition) is 1. The third kappa shape index (κ3) is 3.10. The first-order valence-corrected chi connectivity index (χ1v) is 6.15. The summed E-state index contributed by atoms with van der Waals surface area (Å²) in [5, 5.41) is 3.40. The molecular weight excluding hydrogens is 282 g/mol. The molecule has 5 heteroatoms. The molecule has 0 fully saturated rings. The van der Waals surface area contributed by atoms with Crippen molar-refractivity contribution in [2.75, 3.05) is 5.32 Å². The van der Waals surface area contributed by atoms with Crippen LogP contribution in [0.3, 0.4) is 0 Å². The molecule has 4 nitrogen and oxygen atoms in total. The minimum Gasteiger partial charge on any atom is -0.290 e. The van der Waals surface area contributed by atoms with Crippen LogP contribution in [0.25, 0.3) is 0 Å². The molecule has 1 aromatic heterocycles. The van der Waals surface area contributed by atoms with Crippen molar-refractivity contribution in [3.63, 3.8) is 0 Å². The number of halogens is 1. The first-order valence-electron chi connectivity index (χ1n) is 5.03. The molecule has 0 unspecified atom stereocenters. The average Bonchev–Trinajstić information content (AvgIpc) is 2.40. The van der Waals surface area contributed by atoms with Crippen molar-refractivity contribution >= 4 is 27.8 Å². The zero-order chi connectivity index (χ0) is 12.1. The number of aromatic nitrogens is 2. The van der Waals surface area contributed by atoms with Crippen molar-refractivity contribution in [1.82, 2.24) is 9.97 Å². The Balaban J connectivity index is 2.09. The molecule has 0 spiro atoms. The van der Waals surface area contributed by atoms with E-state index in [-0.39, 0.29) is 5.91 Å². The molecule has 0 radical (unpaired) electrons. The fourth-order valence-electron chi connectivity index (χ4n) is 1.28. The zero-order valence-electron chi connectivity index (χ0n) is 8.93. The lowest BCUT2D eigenvalue weighted by atomic mass is 10.1. The first kappa shape index (κ1) is 11.7. The summed E-state index contributed by atoms with van der Waals surface area (Å²) in [6.07, 6.45) is 3.16. The highest BCUT2D eigenvalue weighted by atomic mass is 79.9. The Kier molecular flexibility index (Phi) is 3.82. The van der Waals surface area contributed by atoms with Gasteiger partial charge >= 0.3 is 0 Å². The summed E-state index contributed by atoms with van der Waals surface area (Å²) in [6.45, 7) is 0. The topological polar surface area (TPSA) is 54.9 Å². The fraction of sp³-hybridized carbons (Fsp3) is 0.0833. The van der Waals surface area contributed by atoms with Gasteiger partial charge < -0.3 is 0 Å². The van der Waals surface area contributed by atoms with Crippen LogP contribution in [0, 0.1) is 0 Å². The van der Waals surface area contributed by atoms with Gasteiger partial charge in [0.25, 0.3) is 5.91 Å². The Morgan fingerprint density at radius 2 is 1.82 bits per heavy atom. The van der Waals surface area contributed by atoms with Gasteiger partial charge in [0.15, 0.2) is 0 Å². The van der Waals surface area contributed by atoms with E-state index in [9.17, 15) is 4.79 Å². The van der Waals surface area contributed by atoms with Crippen molar-refractivity contribution in [3.05, 3.63) is 53.9 Å². The molecular formula is C12H10BrN3O. The lowest BCUT2D eigenvalue weighted by Crippen LogP contribution is -2.13. The summed E-state index contributed by atoms with van der Waals surface area (Å²) in [6, 6.07) is 9.04. The van der Waals surface area contributed by atoms with Crippen molar-refractivity contribution < 1.29 is 4.79 Å². The van der Waals surface area contributed by atoms with Crippen LogP contribution in [0.5, 0.6) is 0 Å². The van der Waals surface area contributed by atoms with Crippen molar-refractivity contribution in [3.8, 4) is 0 Å². The molecule has 1 N–H and O–H groups in total. The van der Waals surface area contributed by atoms with Gasteiger partial charge in [-0.15, -0.1) is 0 Å². The van der Waals surface area contributed by atoms with Gasteiger partial charge in [0.05, 0.1) is 0 Å². The molecule has 0 aliphatic heterocycles. The molecule has 0 saturated carbocycles. The predicted octanol–water partition coefficient (Wildman–Crippen LogP) is 2.62. The van der Waals surface area contributed by atoms with Crippen molar-refractivity contribution in [1.29, 1.82) is 0 Å². The van der Waals surface area contributed by atoms with Crippen LogP contribution in [0.15, 0.2) is 42.7 Å². The van der Waals surface area contributed by atoms with Crippen LogP contribution >= 0.6 is 15.9 Å². The third-order valence-electron chi connectivity index (χ3n) is 2.16. The van der Waals surface area contributed by atoms with Gasteiger partial charge in [-0.1, -0.05) is 28.1 Å². The van der Waals surface area contributed by atoms with Crippen LogP contribution in [-0.2, 0) is 5.33 Å². The highest BCUT2D eigenvalue weighted by Gasteiger charge is 2.06. The van der Waals surface area contributed by atoms with Crippen LogP contribution in [0.2, 0.25) is 0 Å². The van der Waals surface area contributed by atoms with Gasteiger partial charge in [-0.25, -0.2) is 9.97 Å². The minimum atomic E-state index is -0.211. The van der Waals surface area contributed by atoms with E-state index in [1.165, 1.54) is 0 Å². The maximum Gasteiger partial charge on any atom is 0.258 e. The largest absolute Gasteiger partial charge is 0.290 e. The summed E-state index contributed by atoms with van der Waals surface area (Å²) < 4.78 is 0. The molecule has 0 aliphatic rings. The molecule has 1 heterocycles. The summed E-state index contributed by atoms with van der Waals surface area (Å²) in [5.74, 6) is 0.0967. The normalized spacial score (nSPS) is 9.94. The number of nitrogens with zero attached hydrogens (tertiary/aromatic N) is 2. The van der Waals surface area contributed by atoms with E-state index in [1.54, 1.807) is 30.6 Å². The number of carbonyl (C=O) groups is 1. The number of nitrogens with one attached hydrogen (secondary N) is 1. The van der Waals surface area contributed by atoms with Gasteiger partial charge in [-0.3, -0.25) is 10.1 Å². The maximum absolute atomic E-state index is 11.8. The molecule has 0 saturated heterocycles.